The number of rotatable bonds is 11. The molecule has 6 nitrogen and oxygen atoms in total. The number of hydrogen-bond donors (Lipinski definition) is 1. The number of fused-ring (bicyclic) bond motifs is 1. The summed E-state index contributed by atoms with van der Waals surface area (Å²) in [5, 5.41) is 0.436. The lowest BCUT2D eigenvalue weighted by Gasteiger charge is -2.25. The van der Waals surface area contributed by atoms with E-state index in [4.69, 9.17) is 4.74 Å². The average molecular weight is 474 g/mol. The van der Waals surface area contributed by atoms with Crippen molar-refractivity contribution in [3.63, 3.8) is 0 Å². The molecule has 0 bridgehead atoms. The third-order valence-corrected chi connectivity index (χ3v) is 7.76. The minimum absolute atomic E-state index is 0.0892. The third kappa shape index (κ3) is 6.21. The van der Waals surface area contributed by atoms with E-state index in [1.165, 1.54) is 28.7 Å². The van der Waals surface area contributed by atoms with Crippen molar-refractivity contribution in [1.29, 1.82) is 0 Å². The summed E-state index contributed by atoms with van der Waals surface area (Å²) in [6.45, 7) is 7.65. The van der Waals surface area contributed by atoms with E-state index < -0.39 is 0 Å². The first-order chi connectivity index (χ1) is 15.4. The van der Waals surface area contributed by atoms with Crippen molar-refractivity contribution in [3.8, 4) is 0 Å². The number of thiophene rings is 1. The molecule has 0 spiro atoms. The molecule has 1 unspecified atom stereocenters. The van der Waals surface area contributed by atoms with Crippen LogP contribution in [0.1, 0.15) is 35.2 Å². The van der Waals surface area contributed by atoms with Gasteiger partial charge in [-0.1, -0.05) is 30.3 Å². The molecule has 1 aromatic carbocycles. The van der Waals surface area contributed by atoms with E-state index in [1.807, 2.05) is 43.9 Å². The molecule has 3 rings (SSSR count). The quantitative estimate of drug-likeness (QED) is 0.449. The lowest BCUT2D eigenvalue weighted by molar-refractivity contribution is -0.131. The van der Waals surface area contributed by atoms with E-state index in [1.54, 1.807) is 7.11 Å². The summed E-state index contributed by atoms with van der Waals surface area (Å²) < 4.78 is 5.21. The number of carbonyl (C=O) groups is 1. The van der Waals surface area contributed by atoms with Gasteiger partial charge in [0.25, 0.3) is 5.56 Å². The van der Waals surface area contributed by atoms with Crippen molar-refractivity contribution < 1.29 is 9.53 Å². The Morgan fingerprint density at radius 3 is 2.72 bits per heavy atom. The van der Waals surface area contributed by atoms with Gasteiger partial charge in [-0.2, -0.15) is 0 Å². The molecule has 2 aromatic heterocycles. The standard InChI is InChI=1S/C24H31N3O3S2/c1-16-17(2)32-23-21(16)22(28)25-20(26-23)15-31-18(3)24(29)27(13-14-30-4)12-8-11-19-9-6-5-7-10-19/h5-7,9-10,18H,8,11-15H2,1-4H3,(H,25,26,28). The first kappa shape index (κ1) is 24.5. The largest absolute Gasteiger partial charge is 0.383 e. The molecule has 0 radical (unpaired) electrons. The molecule has 1 amide bonds. The minimum Gasteiger partial charge on any atom is -0.383 e. The number of hydrogen-bond acceptors (Lipinski definition) is 6. The Morgan fingerprint density at radius 2 is 2.00 bits per heavy atom. The Bertz CT molecular complexity index is 1100. The molecular weight excluding hydrogens is 442 g/mol. The Hall–Kier alpha value is -2.16. The molecule has 2 heterocycles. The molecule has 0 aliphatic heterocycles. The molecule has 0 aliphatic carbocycles. The van der Waals surface area contributed by atoms with E-state index in [0.717, 1.165) is 28.1 Å². The summed E-state index contributed by atoms with van der Waals surface area (Å²) >= 11 is 3.04. The Kier molecular flexibility index (Phi) is 8.90. The fourth-order valence-electron chi connectivity index (χ4n) is 3.55. The number of carbonyl (C=O) groups excluding carboxylic acids is 1. The van der Waals surface area contributed by atoms with Crippen LogP contribution in [0.2, 0.25) is 0 Å². The maximum atomic E-state index is 13.1. The van der Waals surface area contributed by atoms with Crippen molar-refractivity contribution in [2.45, 2.75) is 44.6 Å². The van der Waals surface area contributed by atoms with Crippen molar-refractivity contribution >= 4 is 39.2 Å². The van der Waals surface area contributed by atoms with Gasteiger partial charge >= 0.3 is 0 Å². The summed E-state index contributed by atoms with van der Waals surface area (Å²) in [6, 6.07) is 10.3. The van der Waals surface area contributed by atoms with Crippen LogP contribution in [-0.2, 0) is 21.7 Å². The lowest BCUT2D eigenvalue weighted by Crippen LogP contribution is -2.39. The van der Waals surface area contributed by atoms with E-state index in [-0.39, 0.29) is 16.7 Å². The fraction of sp³-hybridized carbons (Fsp3) is 0.458. The molecule has 1 N–H and O–H groups in total. The predicted octanol–water partition coefficient (Wildman–Crippen LogP) is 4.33. The number of aryl methyl sites for hydroxylation is 3. The third-order valence-electron chi connectivity index (χ3n) is 5.52. The van der Waals surface area contributed by atoms with Crippen molar-refractivity contribution in [3.05, 3.63) is 62.5 Å². The van der Waals surface area contributed by atoms with Crippen LogP contribution in [0.25, 0.3) is 10.2 Å². The van der Waals surface area contributed by atoms with E-state index in [9.17, 15) is 9.59 Å². The van der Waals surface area contributed by atoms with Gasteiger partial charge in [0, 0.05) is 25.1 Å². The highest BCUT2D eigenvalue weighted by Gasteiger charge is 2.21. The number of benzene rings is 1. The zero-order chi connectivity index (χ0) is 23.1. The summed E-state index contributed by atoms with van der Waals surface area (Å²) in [6.07, 6.45) is 1.84. The number of nitrogens with zero attached hydrogens (tertiary/aromatic N) is 2. The molecule has 0 aliphatic rings. The molecule has 8 heteroatoms. The van der Waals surface area contributed by atoms with Crippen LogP contribution in [0.5, 0.6) is 0 Å². The molecule has 32 heavy (non-hydrogen) atoms. The second-order valence-electron chi connectivity index (χ2n) is 7.84. The predicted molar refractivity (Wildman–Crippen MR) is 134 cm³/mol. The van der Waals surface area contributed by atoms with Crippen LogP contribution in [0, 0.1) is 13.8 Å². The highest BCUT2D eigenvalue weighted by molar-refractivity contribution is 7.99. The highest BCUT2D eigenvalue weighted by atomic mass is 32.2. The maximum absolute atomic E-state index is 13.1. The van der Waals surface area contributed by atoms with E-state index in [2.05, 4.69) is 22.1 Å². The number of aromatic amines is 1. The van der Waals surface area contributed by atoms with Gasteiger partial charge in [0.2, 0.25) is 5.91 Å². The number of H-pyrrole nitrogens is 1. The zero-order valence-corrected chi connectivity index (χ0v) is 20.8. The first-order valence-electron chi connectivity index (χ1n) is 10.8. The van der Waals surface area contributed by atoms with Gasteiger partial charge in [-0.25, -0.2) is 4.98 Å². The van der Waals surface area contributed by atoms with Crippen molar-refractivity contribution in [1.82, 2.24) is 14.9 Å². The van der Waals surface area contributed by atoms with Crippen molar-refractivity contribution in [2.75, 3.05) is 26.8 Å². The molecule has 1 atom stereocenters. The van der Waals surface area contributed by atoms with Gasteiger partial charge in [0.1, 0.15) is 10.7 Å². The number of nitrogens with one attached hydrogen (secondary N) is 1. The van der Waals surface area contributed by atoms with Crippen molar-refractivity contribution in [2.24, 2.45) is 0 Å². The first-order valence-corrected chi connectivity index (χ1v) is 12.7. The van der Waals surface area contributed by atoms with Gasteiger partial charge in [-0.05, 0) is 44.7 Å². The number of amides is 1. The van der Waals surface area contributed by atoms with Crippen LogP contribution in [0.3, 0.4) is 0 Å². The van der Waals surface area contributed by atoms with Crippen LogP contribution < -0.4 is 5.56 Å². The van der Waals surface area contributed by atoms with E-state index in [0.29, 0.717) is 36.7 Å². The molecule has 0 fully saturated rings. The second kappa shape index (κ2) is 11.6. The van der Waals surface area contributed by atoms with Gasteiger partial charge in [-0.15, -0.1) is 23.1 Å². The summed E-state index contributed by atoms with van der Waals surface area (Å²) in [7, 11) is 1.65. The number of thioether (sulfide) groups is 1. The van der Waals surface area contributed by atoms with Crippen LogP contribution in [-0.4, -0.2) is 52.8 Å². The van der Waals surface area contributed by atoms with Crippen LogP contribution in [0.15, 0.2) is 35.1 Å². The minimum atomic E-state index is -0.239. The van der Waals surface area contributed by atoms with E-state index >= 15 is 0 Å². The normalized spacial score (nSPS) is 12.2. The summed E-state index contributed by atoms with van der Waals surface area (Å²) in [5.74, 6) is 1.18. The number of ether oxygens (including phenoxy) is 1. The van der Waals surface area contributed by atoms with Gasteiger partial charge in [0.05, 0.1) is 23.0 Å². The molecular formula is C24H31N3O3S2. The molecule has 3 aromatic rings. The van der Waals surface area contributed by atoms with Crippen LogP contribution >= 0.6 is 23.1 Å². The number of aromatic nitrogens is 2. The molecule has 172 valence electrons. The molecule has 0 saturated carbocycles. The maximum Gasteiger partial charge on any atom is 0.259 e. The SMILES string of the molecule is COCCN(CCCc1ccccc1)C(=O)C(C)SCc1nc2sc(C)c(C)c2c(=O)[nH]1. The van der Waals surface area contributed by atoms with Gasteiger partial charge in [0.15, 0.2) is 0 Å². The number of methoxy groups -OCH3 is 1. The lowest BCUT2D eigenvalue weighted by atomic mass is 10.1. The molecule has 0 saturated heterocycles. The zero-order valence-electron chi connectivity index (χ0n) is 19.1. The monoisotopic (exact) mass is 473 g/mol. The summed E-state index contributed by atoms with van der Waals surface area (Å²) in [4.78, 5) is 36.9. The Labute approximate surface area is 197 Å². The topological polar surface area (TPSA) is 75.3 Å². The van der Waals surface area contributed by atoms with Gasteiger partial charge in [-0.3, -0.25) is 9.59 Å². The highest BCUT2D eigenvalue weighted by Crippen LogP contribution is 2.26. The fourth-order valence-corrected chi connectivity index (χ4v) is 5.44. The summed E-state index contributed by atoms with van der Waals surface area (Å²) in [5.41, 5.74) is 2.17. The smallest absolute Gasteiger partial charge is 0.259 e. The van der Waals surface area contributed by atoms with Crippen LogP contribution in [0.4, 0.5) is 0 Å². The average Bonchev–Trinajstić information content (AvgIpc) is 3.08. The van der Waals surface area contributed by atoms with Gasteiger partial charge < -0.3 is 14.6 Å². The second-order valence-corrected chi connectivity index (χ2v) is 10.4. The Morgan fingerprint density at radius 1 is 1.25 bits per heavy atom. The Balaban J connectivity index is 1.59.